The minimum atomic E-state index is -0.819. The van der Waals surface area contributed by atoms with Crippen molar-refractivity contribution in [1.29, 1.82) is 5.26 Å². The van der Waals surface area contributed by atoms with E-state index in [1.165, 1.54) is 25.3 Å². The van der Waals surface area contributed by atoms with Gasteiger partial charge in [0.2, 0.25) is 0 Å². The van der Waals surface area contributed by atoms with E-state index in [4.69, 9.17) is 14.7 Å². The van der Waals surface area contributed by atoms with Gasteiger partial charge in [-0.3, -0.25) is 4.79 Å². The molecule has 0 aliphatic carbocycles. The number of nitrogens with zero attached hydrogens (tertiary/aromatic N) is 1. The van der Waals surface area contributed by atoms with E-state index in [1.54, 1.807) is 0 Å². The van der Waals surface area contributed by atoms with Gasteiger partial charge in [-0.1, -0.05) is 0 Å². The van der Waals surface area contributed by atoms with Crippen LogP contribution in [0.1, 0.15) is 16.8 Å². The number of phenols is 1. The third kappa shape index (κ3) is 4.49. The molecule has 0 saturated heterocycles. The number of benzene rings is 1. The Kier molecular flexibility index (Phi) is 5.84. The number of methoxy groups -OCH3 is 1. The number of hydrogen-bond donors (Lipinski definition) is 2. The Labute approximate surface area is 115 Å². The monoisotopic (exact) mass is 278 g/mol. The number of aromatic hydroxyl groups is 1. The largest absolute Gasteiger partial charge is 0.507 e. The van der Waals surface area contributed by atoms with E-state index in [1.807, 2.05) is 6.07 Å². The van der Waals surface area contributed by atoms with Crippen LogP contribution in [0.15, 0.2) is 18.2 Å². The maximum Gasteiger partial charge on any atom is 0.342 e. The quantitative estimate of drug-likeness (QED) is 0.582. The Morgan fingerprint density at radius 2 is 2.20 bits per heavy atom. The van der Waals surface area contributed by atoms with Crippen molar-refractivity contribution in [2.24, 2.45) is 0 Å². The highest BCUT2D eigenvalue weighted by Gasteiger charge is 2.14. The molecular formula is C13H14N2O5. The van der Waals surface area contributed by atoms with E-state index in [0.29, 0.717) is 5.75 Å². The van der Waals surface area contributed by atoms with Crippen LogP contribution in [0.4, 0.5) is 0 Å². The smallest absolute Gasteiger partial charge is 0.342 e. The van der Waals surface area contributed by atoms with Gasteiger partial charge in [-0.2, -0.15) is 5.26 Å². The van der Waals surface area contributed by atoms with E-state index in [2.05, 4.69) is 5.32 Å². The molecule has 0 heterocycles. The molecule has 20 heavy (non-hydrogen) atoms. The summed E-state index contributed by atoms with van der Waals surface area (Å²) >= 11 is 0. The summed E-state index contributed by atoms with van der Waals surface area (Å²) < 4.78 is 9.62. The molecule has 7 nitrogen and oxygen atoms in total. The maximum atomic E-state index is 11.6. The third-order valence-corrected chi connectivity index (χ3v) is 2.32. The summed E-state index contributed by atoms with van der Waals surface area (Å²) in [6, 6.07) is 5.96. The predicted octanol–water partition coefficient (Wildman–Crippen LogP) is 0.587. The second-order valence-corrected chi connectivity index (χ2v) is 3.72. The molecule has 0 bridgehead atoms. The number of hydrogen-bond acceptors (Lipinski definition) is 6. The summed E-state index contributed by atoms with van der Waals surface area (Å²) in [7, 11) is 1.43. The van der Waals surface area contributed by atoms with Crippen molar-refractivity contribution in [2.75, 3.05) is 20.3 Å². The normalized spacial score (nSPS) is 9.40. The van der Waals surface area contributed by atoms with Gasteiger partial charge in [0, 0.05) is 12.6 Å². The van der Waals surface area contributed by atoms with Crippen molar-refractivity contribution in [3.63, 3.8) is 0 Å². The van der Waals surface area contributed by atoms with Crippen LogP contribution in [-0.2, 0) is 9.53 Å². The number of carbonyl (C=O) groups excluding carboxylic acids is 2. The summed E-state index contributed by atoms with van der Waals surface area (Å²) in [6.45, 7) is -0.281. The Balaban J connectivity index is 2.51. The molecule has 0 radical (unpaired) electrons. The molecule has 0 aliphatic heterocycles. The standard InChI is InChI=1S/C13H14N2O5/c1-19-9-3-4-10(11(16)7-9)13(18)20-8-12(17)15-6-2-5-14/h3-4,7,16H,2,6,8H2,1H3,(H,15,17). The number of nitriles is 1. The molecule has 1 amide bonds. The van der Waals surface area contributed by atoms with Crippen molar-refractivity contribution in [3.05, 3.63) is 23.8 Å². The van der Waals surface area contributed by atoms with Gasteiger partial charge in [-0.05, 0) is 12.1 Å². The van der Waals surface area contributed by atoms with Gasteiger partial charge in [0.05, 0.1) is 19.6 Å². The maximum absolute atomic E-state index is 11.6. The lowest BCUT2D eigenvalue weighted by Gasteiger charge is -2.07. The molecular weight excluding hydrogens is 264 g/mol. The fraction of sp³-hybridized carbons (Fsp3) is 0.308. The van der Waals surface area contributed by atoms with Crippen molar-refractivity contribution in [2.45, 2.75) is 6.42 Å². The number of carbonyl (C=O) groups is 2. The summed E-state index contributed by atoms with van der Waals surface area (Å²) in [5.74, 6) is -1.23. The Hall–Kier alpha value is -2.75. The van der Waals surface area contributed by atoms with Crippen LogP contribution in [-0.4, -0.2) is 37.2 Å². The first-order valence-corrected chi connectivity index (χ1v) is 5.76. The first-order chi connectivity index (χ1) is 9.58. The lowest BCUT2D eigenvalue weighted by molar-refractivity contribution is -0.124. The minimum absolute atomic E-state index is 0.0596. The number of rotatable bonds is 6. The average Bonchev–Trinajstić information content (AvgIpc) is 2.44. The zero-order valence-corrected chi connectivity index (χ0v) is 10.9. The van der Waals surface area contributed by atoms with Crippen LogP contribution >= 0.6 is 0 Å². The van der Waals surface area contributed by atoms with Crippen LogP contribution in [0.2, 0.25) is 0 Å². The second-order valence-electron chi connectivity index (χ2n) is 3.72. The molecule has 0 aromatic heterocycles. The molecule has 0 fully saturated rings. The first kappa shape index (κ1) is 15.3. The summed E-state index contributed by atoms with van der Waals surface area (Å²) in [4.78, 5) is 22.9. The average molecular weight is 278 g/mol. The predicted molar refractivity (Wildman–Crippen MR) is 68.2 cm³/mol. The number of esters is 1. The van der Waals surface area contributed by atoms with Gasteiger partial charge in [-0.25, -0.2) is 4.79 Å². The molecule has 0 atom stereocenters. The van der Waals surface area contributed by atoms with Gasteiger partial charge in [0.1, 0.15) is 17.1 Å². The SMILES string of the molecule is COc1ccc(C(=O)OCC(=O)NCCC#N)c(O)c1. The fourth-order valence-electron chi connectivity index (χ4n) is 1.33. The van der Waals surface area contributed by atoms with Gasteiger partial charge in [-0.15, -0.1) is 0 Å². The van der Waals surface area contributed by atoms with E-state index in [9.17, 15) is 14.7 Å². The first-order valence-electron chi connectivity index (χ1n) is 5.76. The van der Waals surface area contributed by atoms with Gasteiger partial charge >= 0.3 is 5.97 Å². The highest BCUT2D eigenvalue weighted by molar-refractivity contribution is 5.94. The number of ether oxygens (including phenoxy) is 2. The Morgan fingerprint density at radius 1 is 1.45 bits per heavy atom. The van der Waals surface area contributed by atoms with E-state index in [0.717, 1.165) is 0 Å². The molecule has 106 valence electrons. The molecule has 7 heteroatoms. The molecule has 1 rings (SSSR count). The van der Waals surface area contributed by atoms with Gasteiger partial charge in [0.25, 0.3) is 5.91 Å². The molecule has 0 aliphatic rings. The Bertz CT molecular complexity index is 536. The van der Waals surface area contributed by atoms with E-state index in [-0.39, 0.29) is 24.3 Å². The van der Waals surface area contributed by atoms with Crippen molar-refractivity contribution in [1.82, 2.24) is 5.32 Å². The molecule has 0 unspecified atom stereocenters. The second kappa shape index (κ2) is 7.63. The summed E-state index contributed by atoms with van der Waals surface area (Å²) in [5.41, 5.74) is -0.0596. The fourth-order valence-corrected chi connectivity index (χ4v) is 1.33. The molecule has 0 spiro atoms. The van der Waals surface area contributed by atoms with E-state index >= 15 is 0 Å². The molecule has 0 saturated carbocycles. The van der Waals surface area contributed by atoms with Crippen LogP contribution < -0.4 is 10.1 Å². The van der Waals surface area contributed by atoms with Crippen molar-refractivity contribution in [3.8, 4) is 17.6 Å². The highest BCUT2D eigenvalue weighted by atomic mass is 16.5. The summed E-state index contributed by atoms with van der Waals surface area (Å²) in [5, 5.41) is 20.3. The molecule has 1 aromatic carbocycles. The number of nitrogens with one attached hydrogen (secondary N) is 1. The minimum Gasteiger partial charge on any atom is -0.507 e. The van der Waals surface area contributed by atoms with Crippen LogP contribution in [0.3, 0.4) is 0 Å². The highest BCUT2D eigenvalue weighted by Crippen LogP contribution is 2.23. The number of amides is 1. The van der Waals surface area contributed by atoms with Crippen LogP contribution in [0.5, 0.6) is 11.5 Å². The van der Waals surface area contributed by atoms with Crippen LogP contribution in [0, 0.1) is 11.3 Å². The van der Waals surface area contributed by atoms with Gasteiger partial charge < -0.3 is 19.9 Å². The lowest BCUT2D eigenvalue weighted by atomic mass is 10.2. The van der Waals surface area contributed by atoms with Crippen LogP contribution in [0.25, 0.3) is 0 Å². The van der Waals surface area contributed by atoms with Gasteiger partial charge in [0.15, 0.2) is 6.61 Å². The zero-order valence-electron chi connectivity index (χ0n) is 10.9. The van der Waals surface area contributed by atoms with E-state index < -0.39 is 18.5 Å². The summed E-state index contributed by atoms with van der Waals surface area (Å²) in [6.07, 6.45) is 0.180. The zero-order chi connectivity index (χ0) is 15.0. The Morgan fingerprint density at radius 3 is 2.80 bits per heavy atom. The number of phenolic OH excluding ortho intramolecular Hbond substituents is 1. The van der Waals surface area contributed by atoms with Crippen molar-refractivity contribution < 1.29 is 24.2 Å². The molecule has 2 N–H and O–H groups in total. The topological polar surface area (TPSA) is 109 Å². The lowest BCUT2D eigenvalue weighted by Crippen LogP contribution is -2.29. The molecule has 1 aromatic rings. The van der Waals surface area contributed by atoms with Crippen molar-refractivity contribution >= 4 is 11.9 Å². The third-order valence-electron chi connectivity index (χ3n) is 2.32.